The summed E-state index contributed by atoms with van der Waals surface area (Å²) in [5.74, 6) is -1.09. The van der Waals surface area contributed by atoms with Gasteiger partial charge in [0, 0.05) is 18.1 Å². The molecule has 0 aromatic heterocycles. The van der Waals surface area contributed by atoms with Gasteiger partial charge in [-0.05, 0) is 0 Å². The lowest BCUT2D eigenvalue weighted by atomic mass is 10.0. The fraction of sp³-hybridized carbons (Fsp3) is 0.765. The molecule has 0 saturated carbocycles. The Morgan fingerprint density at radius 3 is 1.96 bits per heavy atom. The molecule has 4 heterocycles. The van der Waals surface area contributed by atoms with E-state index in [9.17, 15) is 14.7 Å². The second-order valence-electron chi connectivity index (χ2n) is 7.02. The third-order valence-electron chi connectivity index (χ3n) is 5.13. The van der Waals surface area contributed by atoms with Crippen molar-refractivity contribution in [1.29, 1.82) is 0 Å². The van der Waals surface area contributed by atoms with Gasteiger partial charge < -0.3 is 33.5 Å². The van der Waals surface area contributed by atoms with Crippen molar-refractivity contribution < 1.29 is 43.1 Å². The molecule has 4 rings (SSSR count). The first-order valence-corrected chi connectivity index (χ1v) is 8.76. The number of aliphatic hydroxyl groups is 1. The Kier molecular flexibility index (Phi) is 4.98. The summed E-state index contributed by atoms with van der Waals surface area (Å²) in [6.45, 7) is 3.18. The maximum Gasteiger partial charge on any atom is 0.331 e. The largest absolute Gasteiger partial charge is 0.454 e. The van der Waals surface area contributed by atoms with Crippen LogP contribution in [0.4, 0.5) is 0 Å². The van der Waals surface area contributed by atoms with E-state index in [2.05, 4.69) is 0 Å². The Balaban J connectivity index is 1.24. The van der Waals surface area contributed by atoms with Crippen LogP contribution in [0.1, 0.15) is 6.92 Å². The fourth-order valence-electron chi connectivity index (χ4n) is 3.81. The van der Waals surface area contributed by atoms with Crippen molar-refractivity contribution in [3.05, 3.63) is 12.2 Å². The van der Waals surface area contributed by atoms with E-state index in [0.29, 0.717) is 6.61 Å². The molecule has 8 atom stereocenters. The van der Waals surface area contributed by atoms with E-state index in [0.717, 1.165) is 12.2 Å². The summed E-state index contributed by atoms with van der Waals surface area (Å²) >= 11 is 0. The molecule has 9 nitrogen and oxygen atoms in total. The van der Waals surface area contributed by atoms with Crippen molar-refractivity contribution in [3.8, 4) is 0 Å². The Morgan fingerprint density at radius 1 is 0.808 bits per heavy atom. The summed E-state index contributed by atoms with van der Waals surface area (Å²) < 4.78 is 32.5. The number of esters is 2. The highest BCUT2D eigenvalue weighted by Gasteiger charge is 2.49. The first kappa shape index (κ1) is 17.9. The molecule has 4 fully saturated rings. The zero-order chi connectivity index (χ0) is 18.3. The molecule has 1 N–H and O–H groups in total. The average molecular weight is 370 g/mol. The van der Waals surface area contributed by atoms with Gasteiger partial charge in [-0.1, -0.05) is 6.92 Å². The van der Waals surface area contributed by atoms with E-state index in [1.165, 1.54) is 0 Å². The van der Waals surface area contributed by atoms with E-state index in [4.69, 9.17) is 28.4 Å². The summed E-state index contributed by atoms with van der Waals surface area (Å²) in [7, 11) is 0. The summed E-state index contributed by atoms with van der Waals surface area (Å²) in [5.41, 5.74) is 0. The Morgan fingerprint density at radius 2 is 1.31 bits per heavy atom. The van der Waals surface area contributed by atoms with Crippen LogP contribution in [0.25, 0.3) is 0 Å². The van der Waals surface area contributed by atoms with Crippen LogP contribution in [0.2, 0.25) is 0 Å². The van der Waals surface area contributed by atoms with Crippen LogP contribution in [0.15, 0.2) is 12.2 Å². The molecule has 4 aliphatic rings. The Hall–Kier alpha value is -1.52. The second kappa shape index (κ2) is 7.24. The molecule has 0 bridgehead atoms. The molecule has 144 valence electrons. The number of fused-ring (bicyclic) bond motifs is 2. The predicted molar refractivity (Wildman–Crippen MR) is 83.0 cm³/mol. The number of carbonyl (C=O) groups is 2. The average Bonchev–Trinajstić information content (AvgIpc) is 3.35. The quantitative estimate of drug-likeness (QED) is 0.490. The maximum absolute atomic E-state index is 11.9. The lowest BCUT2D eigenvalue weighted by molar-refractivity contribution is -0.150. The summed E-state index contributed by atoms with van der Waals surface area (Å²) in [4.78, 5) is 23.8. The molecule has 0 unspecified atom stereocenters. The van der Waals surface area contributed by atoms with E-state index in [1.807, 2.05) is 6.92 Å². The molecule has 4 saturated heterocycles. The third-order valence-corrected chi connectivity index (χ3v) is 5.13. The topological polar surface area (TPSA) is 110 Å². The summed E-state index contributed by atoms with van der Waals surface area (Å²) in [6.07, 6.45) is -1.05. The maximum atomic E-state index is 11.9. The van der Waals surface area contributed by atoms with Crippen molar-refractivity contribution >= 4 is 11.9 Å². The zero-order valence-electron chi connectivity index (χ0n) is 14.3. The van der Waals surface area contributed by atoms with Crippen LogP contribution in [0, 0.1) is 5.92 Å². The van der Waals surface area contributed by atoms with Crippen molar-refractivity contribution in [2.75, 3.05) is 26.4 Å². The number of hydrogen-bond acceptors (Lipinski definition) is 9. The van der Waals surface area contributed by atoms with Gasteiger partial charge in [0.1, 0.15) is 24.4 Å². The van der Waals surface area contributed by atoms with Gasteiger partial charge in [-0.15, -0.1) is 0 Å². The molecule has 0 aliphatic carbocycles. The normalized spacial score (nSPS) is 44.2. The number of aliphatic hydroxyl groups excluding tert-OH is 1. The van der Waals surface area contributed by atoms with Crippen LogP contribution in [-0.2, 0) is 38.0 Å². The SMILES string of the molecule is C[C@@H]1CO[C@H]2[C@@H]1OC[C@H]2OC(=O)C=CC(=O)O[C@H]1CO[C@H]2[C@@H]1OC[C@H]2O. The fourth-order valence-corrected chi connectivity index (χ4v) is 3.81. The van der Waals surface area contributed by atoms with E-state index in [1.54, 1.807) is 0 Å². The monoisotopic (exact) mass is 370 g/mol. The molecule has 0 aromatic rings. The Bertz CT molecular complexity index is 541. The minimum atomic E-state index is -0.716. The van der Waals surface area contributed by atoms with Crippen LogP contribution in [0.3, 0.4) is 0 Å². The Labute approximate surface area is 150 Å². The molecule has 4 aliphatic heterocycles. The second-order valence-corrected chi connectivity index (χ2v) is 7.02. The van der Waals surface area contributed by atoms with Crippen molar-refractivity contribution in [2.24, 2.45) is 5.92 Å². The number of rotatable bonds is 4. The number of carbonyl (C=O) groups excluding carboxylic acids is 2. The van der Waals surface area contributed by atoms with Gasteiger partial charge in [-0.2, -0.15) is 0 Å². The van der Waals surface area contributed by atoms with E-state index < -0.39 is 42.5 Å². The molecule has 0 amide bonds. The van der Waals surface area contributed by atoms with Crippen LogP contribution < -0.4 is 0 Å². The smallest absolute Gasteiger partial charge is 0.331 e. The van der Waals surface area contributed by atoms with Gasteiger partial charge in [0.05, 0.1) is 32.5 Å². The molecule has 26 heavy (non-hydrogen) atoms. The van der Waals surface area contributed by atoms with Crippen molar-refractivity contribution in [3.63, 3.8) is 0 Å². The van der Waals surface area contributed by atoms with Gasteiger partial charge in [0.15, 0.2) is 12.2 Å². The van der Waals surface area contributed by atoms with Crippen molar-refractivity contribution in [1.82, 2.24) is 0 Å². The van der Waals surface area contributed by atoms with Gasteiger partial charge in [-0.25, -0.2) is 9.59 Å². The molecule has 0 spiro atoms. The highest BCUT2D eigenvalue weighted by Crippen LogP contribution is 2.32. The van der Waals surface area contributed by atoms with Gasteiger partial charge in [-0.3, -0.25) is 0 Å². The van der Waals surface area contributed by atoms with Gasteiger partial charge >= 0.3 is 11.9 Å². The van der Waals surface area contributed by atoms with Gasteiger partial charge in [0.2, 0.25) is 0 Å². The first-order chi connectivity index (χ1) is 12.5. The van der Waals surface area contributed by atoms with Crippen LogP contribution >= 0.6 is 0 Å². The van der Waals surface area contributed by atoms with E-state index in [-0.39, 0.29) is 37.9 Å². The summed E-state index contributed by atoms with van der Waals surface area (Å²) in [5, 5.41) is 9.66. The lowest BCUT2D eigenvalue weighted by Gasteiger charge is -2.16. The summed E-state index contributed by atoms with van der Waals surface area (Å²) in [6, 6.07) is 0. The van der Waals surface area contributed by atoms with Gasteiger partial charge in [0.25, 0.3) is 0 Å². The standard InChI is InChI=1S/C17H22O9/c1-8-4-21-16-10(6-23-14(8)16)25-12(19)2-3-13(20)26-11-7-24-15-9(18)5-22-17(11)15/h2-3,8-11,14-18H,4-7H2,1H3/t8-,9-,10-,11+,14-,15-,16-,17-/m1/s1. The number of ether oxygens (including phenoxy) is 6. The molecular formula is C17H22O9. The minimum Gasteiger partial charge on any atom is -0.454 e. The molecule has 9 heteroatoms. The van der Waals surface area contributed by atoms with E-state index >= 15 is 0 Å². The zero-order valence-corrected chi connectivity index (χ0v) is 14.3. The van der Waals surface area contributed by atoms with Crippen LogP contribution in [-0.4, -0.2) is 86.2 Å². The van der Waals surface area contributed by atoms with Crippen LogP contribution in [0.5, 0.6) is 0 Å². The van der Waals surface area contributed by atoms with Crippen molar-refractivity contribution in [2.45, 2.75) is 49.7 Å². The minimum absolute atomic E-state index is 0.0566. The first-order valence-electron chi connectivity index (χ1n) is 8.76. The molecule has 0 radical (unpaired) electrons. The molecule has 0 aromatic carbocycles. The predicted octanol–water partition coefficient (Wildman–Crippen LogP) is -1.04. The number of hydrogen-bond donors (Lipinski definition) is 1. The third kappa shape index (κ3) is 3.37. The highest BCUT2D eigenvalue weighted by molar-refractivity contribution is 5.91. The molecular weight excluding hydrogens is 348 g/mol. The lowest BCUT2D eigenvalue weighted by Crippen LogP contribution is -2.34. The highest BCUT2D eigenvalue weighted by atomic mass is 16.6.